The minimum absolute atomic E-state index is 0. The van der Waals surface area contributed by atoms with Crippen molar-refractivity contribution < 1.29 is 88.4 Å². The number of rotatable bonds is 18. The van der Waals surface area contributed by atoms with Crippen molar-refractivity contribution in [2.45, 2.75) is 64.2 Å². The molecule has 3 saturated heterocycles. The van der Waals surface area contributed by atoms with E-state index in [0.29, 0.717) is 5.92 Å². The Balaban J connectivity index is -0.000000706. The number of nitrogens with two attached hydrogens (primary N) is 6. The second-order valence-electron chi connectivity index (χ2n) is 12.9. The summed E-state index contributed by atoms with van der Waals surface area (Å²) in [6, 6.07) is 0. The molecule has 0 aromatic rings. The summed E-state index contributed by atoms with van der Waals surface area (Å²) in [5, 5.41) is 28.0. The van der Waals surface area contributed by atoms with E-state index < -0.39 is 0 Å². The summed E-state index contributed by atoms with van der Waals surface area (Å²) in [7, 11) is 0. The SMILES string of the molecule is C(CC[NH2+]CC1CCC[N-]C1)C[NH2+]CC1CCC[N-]C1.C1=CC(C[NH2+]CCCC[NH2+]CC2CCC[N-]C2)C[N-]C1.[Ag+].[Ag+].[Ag+].[NH2-].[NH2-]. The summed E-state index contributed by atoms with van der Waals surface area (Å²) in [6.07, 6.45) is 18.1. The maximum atomic E-state index is 4.51. The van der Waals surface area contributed by atoms with Crippen LogP contribution in [0.5, 0.6) is 0 Å². The molecule has 0 radical (unpaired) electrons. The zero-order chi connectivity index (χ0) is 27.8. The van der Waals surface area contributed by atoms with E-state index in [0.717, 1.165) is 70.1 Å². The first-order valence-electron chi connectivity index (χ1n) is 17.4. The molecular weight excluding hydrogens is 848 g/mol. The molecule has 0 bridgehead atoms. The van der Waals surface area contributed by atoms with Crippen molar-refractivity contribution >= 4 is 0 Å². The third-order valence-corrected chi connectivity index (χ3v) is 9.06. The largest absolute Gasteiger partial charge is 1.00 e. The Hall–Kier alpha value is 1.56. The maximum Gasteiger partial charge on any atom is 1.00 e. The van der Waals surface area contributed by atoms with Gasteiger partial charge in [0.15, 0.2) is 0 Å². The van der Waals surface area contributed by atoms with E-state index in [9.17, 15) is 0 Å². The van der Waals surface area contributed by atoms with Gasteiger partial charge in [0.05, 0.1) is 52.4 Å². The number of hydrogen-bond acceptors (Lipinski definition) is 0. The van der Waals surface area contributed by atoms with Crippen molar-refractivity contribution in [1.82, 2.24) is 0 Å². The first-order chi connectivity index (χ1) is 19.9. The van der Waals surface area contributed by atoms with Crippen LogP contribution in [0.25, 0.3) is 33.6 Å². The number of nitrogens with zero attached hydrogens (tertiary/aromatic N) is 4. The fraction of sp³-hybridized carbons (Fsp3) is 0.938. The molecule has 0 spiro atoms. The number of piperidine rings is 3. The van der Waals surface area contributed by atoms with Crippen LogP contribution in [0.3, 0.4) is 0 Å². The Morgan fingerprint density at radius 2 is 0.867 bits per heavy atom. The normalized spacial score (nSPS) is 24.2. The molecule has 45 heavy (non-hydrogen) atoms. The van der Waals surface area contributed by atoms with Crippen molar-refractivity contribution in [2.75, 3.05) is 105 Å². The maximum absolute atomic E-state index is 4.51. The molecule has 4 heterocycles. The van der Waals surface area contributed by atoms with E-state index in [4.69, 9.17) is 0 Å². The van der Waals surface area contributed by atoms with E-state index in [1.165, 1.54) is 117 Å². The fourth-order valence-corrected chi connectivity index (χ4v) is 6.48. The average molecular weight is 919 g/mol. The molecule has 4 unspecified atom stereocenters. The predicted molar refractivity (Wildman–Crippen MR) is 179 cm³/mol. The van der Waals surface area contributed by atoms with Gasteiger partial charge in [0.25, 0.3) is 0 Å². The zero-order valence-corrected chi connectivity index (χ0v) is 32.5. The number of unbranched alkanes of at least 4 members (excludes halogenated alkanes) is 2. The molecule has 0 amide bonds. The van der Waals surface area contributed by atoms with E-state index in [2.05, 4.69) is 54.7 Å². The van der Waals surface area contributed by atoms with Crippen LogP contribution in [0.4, 0.5) is 0 Å². The summed E-state index contributed by atoms with van der Waals surface area (Å²) in [6.45, 7) is 19.0. The van der Waals surface area contributed by atoms with Crippen LogP contribution >= 0.6 is 0 Å². The summed E-state index contributed by atoms with van der Waals surface area (Å²) < 4.78 is 0. The van der Waals surface area contributed by atoms with Gasteiger partial charge in [0.2, 0.25) is 0 Å². The van der Waals surface area contributed by atoms with Gasteiger partial charge in [-0.05, 0) is 37.0 Å². The average Bonchev–Trinajstić information content (AvgIpc) is 3.02. The molecule has 0 aromatic carbocycles. The topological polar surface area (TPSA) is 190 Å². The molecule has 4 atom stereocenters. The van der Waals surface area contributed by atoms with Crippen molar-refractivity contribution in [3.05, 3.63) is 45.7 Å². The van der Waals surface area contributed by atoms with Crippen molar-refractivity contribution in [3.63, 3.8) is 0 Å². The first kappa shape index (κ1) is 50.9. The fourth-order valence-electron chi connectivity index (χ4n) is 6.48. The number of hydrogen-bond donors (Lipinski definition) is 4. The van der Waals surface area contributed by atoms with Gasteiger partial charge in [-0.3, -0.25) is 0 Å². The van der Waals surface area contributed by atoms with Crippen LogP contribution in [0.15, 0.2) is 12.2 Å². The van der Waals surface area contributed by atoms with Gasteiger partial charge in [-0.2, -0.15) is 0 Å². The first-order valence-corrected chi connectivity index (χ1v) is 17.4. The minimum Gasteiger partial charge on any atom is -0.693 e. The van der Waals surface area contributed by atoms with Gasteiger partial charge >= 0.3 is 67.1 Å². The Kier molecular flexibility index (Phi) is 41.7. The van der Waals surface area contributed by atoms with Crippen molar-refractivity contribution in [1.29, 1.82) is 0 Å². The van der Waals surface area contributed by atoms with Crippen LogP contribution in [0.2, 0.25) is 0 Å². The Morgan fingerprint density at radius 3 is 1.18 bits per heavy atom. The van der Waals surface area contributed by atoms with Crippen LogP contribution in [0, 0.1) is 23.7 Å². The standard InChI is InChI=1S/C16H32N4.C16H30N4.3Ag.2H2N/c2*1(7-17-11-15-5-3-9-19-13-15)2-8-18-12-16-6-4-10-20-14-16;;;;;/h15-18H,1-14H2;3,5,15-18H,1-2,4,6-14H2;;;;2*1H2/q2*-2;3*+1;2*-1/p+4. The molecule has 13 heteroatoms. The summed E-state index contributed by atoms with van der Waals surface area (Å²) in [5.41, 5.74) is 0. The Labute approximate surface area is 324 Å². The van der Waals surface area contributed by atoms with E-state index in [1.54, 1.807) is 0 Å². The zero-order valence-electron chi connectivity index (χ0n) is 28.0. The van der Waals surface area contributed by atoms with Gasteiger partial charge in [0, 0.05) is 31.6 Å². The number of quaternary nitrogens is 4. The van der Waals surface area contributed by atoms with E-state index >= 15 is 0 Å². The quantitative estimate of drug-likeness (QED) is 0.0893. The Morgan fingerprint density at radius 1 is 0.489 bits per heavy atom. The molecule has 4 aliphatic rings. The third-order valence-electron chi connectivity index (χ3n) is 9.06. The van der Waals surface area contributed by atoms with Crippen molar-refractivity contribution in [2.24, 2.45) is 23.7 Å². The van der Waals surface area contributed by atoms with Crippen LogP contribution < -0.4 is 21.3 Å². The smallest absolute Gasteiger partial charge is 0.693 e. The van der Waals surface area contributed by atoms with E-state index in [1.807, 2.05) is 0 Å². The van der Waals surface area contributed by atoms with Crippen LogP contribution in [0.1, 0.15) is 64.2 Å². The van der Waals surface area contributed by atoms with Gasteiger partial charge in [0.1, 0.15) is 0 Å². The summed E-state index contributed by atoms with van der Waals surface area (Å²) >= 11 is 0. The van der Waals surface area contributed by atoms with Gasteiger partial charge in [-0.15, -0.1) is 58.4 Å². The van der Waals surface area contributed by atoms with Crippen LogP contribution in [-0.2, 0) is 67.1 Å². The molecule has 0 aromatic heterocycles. The van der Waals surface area contributed by atoms with Crippen LogP contribution in [-0.4, -0.2) is 105 Å². The monoisotopic (exact) mass is 915 g/mol. The second kappa shape index (κ2) is 36.8. The molecular formula is C32H70Ag3N10+. The molecule has 10 nitrogen and oxygen atoms in total. The van der Waals surface area contributed by atoms with Gasteiger partial charge < -0.3 is 54.8 Å². The van der Waals surface area contributed by atoms with Gasteiger partial charge in [-0.25, -0.2) is 0 Å². The van der Waals surface area contributed by atoms with Crippen molar-refractivity contribution in [3.8, 4) is 0 Å². The molecule has 4 aliphatic heterocycles. The minimum atomic E-state index is 0. The third kappa shape index (κ3) is 28.0. The molecule has 12 N–H and O–H groups in total. The summed E-state index contributed by atoms with van der Waals surface area (Å²) in [5.74, 6) is 3.28. The summed E-state index contributed by atoms with van der Waals surface area (Å²) in [4.78, 5) is 0. The second-order valence-corrected chi connectivity index (χ2v) is 12.9. The molecule has 3 fully saturated rings. The predicted octanol–water partition coefficient (Wildman–Crippen LogP) is 2.12. The molecule has 280 valence electrons. The molecule has 0 saturated carbocycles. The Bertz CT molecular complexity index is 582. The van der Waals surface area contributed by atoms with E-state index in [-0.39, 0.29) is 79.4 Å². The molecule has 0 aliphatic carbocycles. The molecule has 4 rings (SSSR count). The van der Waals surface area contributed by atoms with Gasteiger partial charge in [-0.1, -0.05) is 25.3 Å².